The fraction of sp³-hybridized carbons (Fsp3) is 0.318. The number of aromatic hydroxyl groups is 1. The first-order valence-electron chi connectivity index (χ1n) is 9.46. The maximum absolute atomic E-state index is 13.4. The second kappa shape index (κ2) is 6.70. The number of quaternary nitrogens is 1. The van der Waals surface area contributed by atoms with Crippen molar-refractivity contribution in [2.45, 2.75) is 25.4 Å². The minimum absolute atomic E-state index is 0.106. The van der Waals surface area contributed by atoms with Crippen LogP contribution in [-0.4, -0.2) is 35.5 Å². The third kappa shape index (κ3) is 2.81. The molecule has 29 heavy (non-hydrogen) atoms. The molecule has 2 amide bonds. The molecule has 2 aliphatic heterocycles. The van der Waals surface area contributed by atoms with Gasteiger partial charge in [-0.2, -0.15) is 0 Å². The molecule has 7 nitrogen and oxygen atoms in total. The number of esters is 1. The van der Waals surface area contributed by atoms with Gasteiger partial charge in [0, 0.05) is 12.5 Å². The molecule has 2 fully saturated rings. The molecule has 7 heteroatoms. The first-order valence-corrected chi connectivity index (χ1v) is 9.46. The minimum Gasteiger partial charge on any atom is -0.508 e. The third-order valence-electron chi connectivity index (χ3n) is 6.11. The number of fused-ring (bicyclic) bond motifs is 1. The van der Waals surface area contributed by atoms with E-state index in [1.54, 1.807) is 36.5 Å². The van der Waals surface area contributed by atoms with Gasteiger partial charge in [-0.05, 0) is 43.3 Å². The van der Waals surface area contributed by atoms with Crippen molar-refractivity contribution in [2.24, 2.45) is 11.8 Å². The van der Waals surface area contributed by atoms with Crippen molar-refractivity contribution in [3.8, 4) is 5.75 Å². The molecule has 2 aromatic rings. The number of carbonyl (C=O) groups excluding carboxylic acids is 3. The zero-order chi connectivity index (χ0) is 20.9. The quantitative estimate of drug-likeness (QED) is 0.598. The largest absolute Gasteiger partial charge is 0.508 e. The van der Waals surface area contributed by atoms with E-state index in [9.17, 15) is 19.5 Å². The van der Waals surface area contributed by atoms with Crippen LogP contribution in [0.25, 0.3) is 0 Å². The van der Waals surface area contributed by atoms with E-state index in [1.807, 2.05) is 19.1 Å². The number of carbonyl (C=O) groups is 3. The third-order valence-corrected chi connectivity index (χ3v) is 6.11. The highest BCUT2D eigenvalue weighted by molar-refractivity contribution is 6.23. The molecule has 0 aromatic heterocycles. The highest BCUT2D eigenvalue weighted by atomic mass is 16.5. The molecule has 0 unspecified atom stereocenters. The monoisotopic (exact) mass is 395 g/mol. The lowest BCUT2D eigenvalue weighted by molar-refractivity contribution is -0.730. The Morgan fingerprint density at radius 2 is 1.69 bits per heavy atom. The summed E-state index contributed by atoms with van der Waals surface area (Å²) in [6.07, 6.45) is 0. The lowest BCUT2D eigenvalue weighted by Gasteiger charge is -2.25. The van der Waals surface area contributed by atoms with E-state index in [0.717, 1.165) is 11.1 Å². The van der Waals surface area contributed by atoms with Crippen LogP contribution >= 0.6 is 0 Å². The molecule has 150 valence electrons. The van der Waals surface area contributed by atoms with Crippen LogP contribution in [0.4, 0.5) is 5.69 Å². The van der Waals surface area contributed by atoms with Crippen molar-refractivity contribution in [2.75, 3.05) is 12.0 Å². The number of phenols is 1. The van der Waals surface area contributed by atoms with Crippen molar-refractivity contribution < 1.29 is 29.5 Å². The number of hydrogen-bond donors (Lipinski definition) is 2. The fourth-order valence-electron chi connectivity index (χ4n) is 4.63. The summed E-state index contributed by atoms with van der Waals surface area (Å²) >= 11 is 0. The number of nitrogens with two attached hydrogens (primary N) is 1. The molecular formula is C22H23N2O5+. The van der Waals surface area contributed by atoms with Crippen LogP contribution in [0.1, 0.15) is 24.1 Å². The molecule has 2 heterocycles. The highest BCUT2D eigenvalue weighted by Gasteiger charge is 2.70. The van der Waals surface area contributed by atoms with Gasteiger partial charge in [0.05, 0.1) is 12.8 Å². The summed E-state index contributed by atoms with van der Waals surface area (Å²) in [5, 5.41) is 11.4. The van der Waals surface area contributed by atoms with Crippen molar-refractivity contribution in [3.63, 3.8) is 0 Å². The Hall–Kier alpha value is -3.19. The molecule has 2 aromatic carbocycles. The molecule has 0 saturated carbocycles. The Morgan fingerprint density at radius 1 is 1.07 bits per heavy atom. The summed E-state index contributed by atoms with van der Waals surface area (Å²) < 4.78 is 5.00. The number of aryl methyl sites for hydroxylation is 1. The zero-order valence-corrected chi connectivity index (χ0v) is 16.5. The first-order chi connectivity index (χ1) is 13.8. The smallest absolute Gasteiger partial charge is 0.368 e. The van der Waals surface area contributed by atoms with E-state index < -0.39 is 35.3 Å². The maximum Gasteiger partial charge on any atom is 0.368 e. The average molecular weight is 395 g/mol. The number of anilines is 1. The predicted molar refractivity (Wildman–Crippen MR) is 104 cm³/mol. The molecule has 2 saturated heterocycles. The van der Waals surface area contributed by atoms with Crippen LogP contribution in [0.3, 0.4) is 0 Å². The number of hydrogen-bond acceptors (Lipinski definition) is 5. The fourth-order valence-corrected chi connectivity index (χ4v) is 4.63. The van der Waals surface area contributed by atoms with Gasteiger partial charge in [-0.1, -0.05) is 17.7 Å². The van der Waals surface area contributed by atoms with Gasteiger partial charge in [-0.3, -0.25) is 9.59 Å². The second-order valence-electron chi connectivity index (χ2n) is 7.91. The molecule has 0 bridgehead atoms. The maximum atomic E-state index is 13.4. The number of amides is 2. The number of imide groups is 1. The molecule has 4 atom stereocenters. The molecule has 2 aliphatic rings. The Morgan fingerprint density at radius 3 is 2.28 bits per heavy atom. The van der Waals surface area contributed by atoms with Gasteiger partial charge in [0.15, 0.2) is 0 Å². The van der Waals surface area contributed by atoms with Crippen LogP contribution in [-0.2, 0) is 19.1 Å². The Labute approximate surface area is 168 Å². The summed E-state index contributed by atoms with van der Waals surface area (Å²) in [7, 11) is 1.28. The van der Waals surface area contributed by atoms with Crippen molar-refractivity contribution in [1.29, 1.82) is 0 Å². The van der Waals surface area contributed by atoms with Crippen LogP contribution in [0.15, 0.2) is 48.5 Å². The van der Waals surface area contributed by atoms with E-state index in [1.165, 1.54) is 24.1 Å². The minimum atomic E-state index is -1.23. The summed E-state index contributed by atoms with van der Waals surface area (Å²) in [4.78, 5) is 40.7. The van der Waals surface area contributed by atoms with Crippen molar-refractivity contribution in [3.05, 3.63) is 59.7 Å². The van der Waals surface area contributed by atoms with Gasteiger partial charge < -0.3 is 15.2 Å². The Kier molecular flexibility index (Phi) is 4.42. The van der Waals surface area contributed by atoms with Gasteiger partial charge >= 0.3 is 5.97 Å². The summed E-state index contributed by atoms with van der Waals surface area (Å²) in [6.45, 7) is 3.58. The highest BCUT2D eigenvalue weighted by Crippen LogP contribution is 2.45. The summed E-state index contributed by atoms with van der Waals surface area (Å²) in [5.41, 5.74) is 1.05. The Bertz CT molecular complexity index is 985. The zero-order valence-electron chi connectivity index (χ0n) is 16.5. The average Bonchev–Trinajstić information content (AvgIpc) is 3.17. The SMILES string of the molecule is COC(=O)[C@]1(C)[NH2+][C@@H](c2ccc(O)cc2)[C@@H]2C(=O)N(c3ccc(C)cc3)C(=O)[C@H]21. The van der Waals surface area contributed by atoms with Gasteiger partial charge in [0.25, 0.3) is 0 Å². The summed E-state index contributed by atoms with van der Waals surface area (Å²) in [5.74, 6) is -2.71. The normalized spacial score (nSPS) is 28.5. The van der Waals surface area contributed by atoms with Crippen molar-refractivity contribution >= 4 is 23.5 Å². The molecule has 0 radical (unpaired) electrons. The first kappa shape index (κ1) is 19.1. The van der Waals surface area contributed by atoms with Crippen LogP contribution in [0.2, 0.25) is 0 Å². The number of rotatable bonds is 3. The number of benzene rings is 2. The number of methoxy groups -OCH3 is 1. The van der Waals surface area contributed by atoms with E-state index in [0.29, 0.717) is 5.69 Å². The number of nitrogens with zero attached hydrogens (tertiary/aromatic N) is 1. The van der Waals surface area contributed by atoms with Crippen LogP contribution in [0.5, 0.6) is 5.75 Å². The molecule has 0 aliphatic carbocycles. The summed E-state index contributed by atoms with van der Waals surface area (Å²) in [6, 6.07) is 13.2. The lowest BCUT2D eigenvalue weighted by Crippen LogP contribution is -2.97. The molecule has 4 rings (SSSR count). The van der Waals surface area contributed by atoms with Crippen LogP contribution < -0.4 is 10.2 Å². The van der Waals surface area contributed by atoms with Crippen molar-refractivity contribution in [1.82, 2.24) is 0 Å². The Balaban J connectivity index is 1.81. The molecule has 0 spiro atoms. The van der Waals surface area contributed by atoms with Gasteiger partial charge in [-0.25, -0.2) is 9.69 Å². The van der Waals surface area contributed by atoms with Crippen LogP contribution in [0, 0.1) is 18.8 Å². The van der Waals surface area contributed by atoms with E-state index in [2.05, 4.69) is 0 Å². The predicted octanol–water partition coefficient (Wildman–Crippen LogP) is 1.06. The van der Waals surface area contributed by atoms with Gasteiger partial charge in [0.1, 0.15) is 23.6 Å². The number of phenolic OH excluding ortho intramolecular Hbond substituents is 1. The van der Waals surface area contributed by atoms with E-state index in [4.69, 9.17) is 4.74 Å². The topological polar surface area (TPSA) is 101 Å². The lowest BCUT2D eigenvalue weighted by atomic mass is 9.80. The van der Waals surface area contributed by atoms with E-state index in [-0.39, 0.29) is 11.7 Å². The molecule has 3 N–H and O–H groups in total. The van der Waals surface area contributed by atoms with Gasteiger partial charge in [0.2, 0.25) is 17.4 Å². The standard InChI is InChI=1S/C22H22N2O5/c1-12-4-8-14(9-5-12)24-19(26)16-17(20(24)27)22(2,21(28)29-3)23-18(16)13-6-10-15(25)11-7-13/h4-11,16-18,23,25H,1-3H3/p+1/t16-,17+,18+,22-/m1/s1. The molecular weight excluding hydrogens is 372 g/mol. The van der Waals surface area contributed by atoms with E-state index >= 15 is 0 Å². The number of ether oxygens (including phenoxy) is 1. The van der Waals surface area contributed by atoms with Gasteiger partial charge in [-0.15, -0.1) is 0 Å². The second-order valence-corrected chi connectivity index (χ2v) is 7.91.